The van der Waals surface area contributed by atoms with Crippen molar-refractivity contribution in [2.75, 3.05) is 0 Å². The van der Waals surface area contributed by atoms with Crippen LogP contribution in [-0.4, -0.2) is 29.2 Å². The molecule has 2 unspecified atom stereocenters. The first kappa shape index (κ1) is 14.4. The minimum absolute atomic E-state index is 0.246. The van der Waals surface area contributed by atoms with E-state index < -0.39 is 17.8 Å². The van der Waals surface area contributed by atoms with Crippen molar-refractivity contribution in [1.82, 2.24) is 5.32 Å². The number of amides is 1. The van der Waals surface area contributed by atoms with Crippen molar-refractivity contribution >= 4 is 23.5 Å². The van der Waals surface area contributed by atoms with Crippen LogP contribution in [0.25, 0.3) is 0 Å². The highest BCUT2D eigenvalue weighted by atomic mass is 35.5. The first-order chi connectivity index (χ1) is 10.1. The Bertz CT molecular complexity index is 559. The summed E-state index contributed by atoms with van der Waals surface area (Å²) in [5.74, 6) is -2.51. The molecule has 2 bridgehead atoms. The predicted octanol–water partition coefficient (Wildman–Crippen LogP) is 1.83. The minimum atomic E-state index is -0.950. The third-order valence-corrected chi connectivity index (χ3v) is 4.49. The number of halogens is 1. The Hall–Kier alpha value is -1.59. The molecule has 1 amide bonds. The van der Waals surface area contributed by atoms with Crippen LogP contribution in [0.1, 0.15) is 18.4 Å². The molecule has 2 aliphatic heterocycles. The topological polar surface area (TPSA) is 75.6 Å². The highest BCUT2D eigenvalue weighted by Gasteiger charge is 2.55. The van der Waals surface area contributed by atoms with E-state index in [-0.39, 0.29) is 18.1 Å². The number of nitrogens with one attached hydrogen (secondary N) is 1. The van der Waals surface area contributed by atoms with Crippen molar-refractivity contribution in [1.29, 1.82) is 0 Å². The van der Waals surface area contributed by atoms with Gasteiger partial charge in [-0.3, -0.25) is 9.59 Å². The Morgan fingerprint density at radius 1 is 1.19 bits per heavy atom. The number of carboxylic acid groups (broad SMARTS) is 1. The number of fused-ring (bicyclic) bond motifs is 2. The van der Waals surface area contributed by atoms with E-state index in [1.165, 1.54) is 0 Å². The Kier molecular flexibility index (Phi) is 3.87. The largest absolute Gasteiger partial charge is 0.481 e. The zero-order valence-electron chi connectivity index (χ0n) is 11.3. The highest BCUT2D eigenvalue weighted by Crippen LogP contribution is 2.43. The zero-order valence-corrected chi connectivity index (χ0v) is 12.0. The Morgan fingerprint density at radius 2 is 1.81 bits per heavy atom. The van der Waals surface area contributed by atoms with E-state index in [0.717, 1.165) is 18.4 Å². The van der Waals surface area contributed by atoms with E-state index in [2.05, 4.69) is 5.32 Å². The molecule has 21 heavy (non-hydrogen) atoms. The van der Waals surface area contributed by atoms with Crippen LogP contribution in [-0.2, 0) is 20.9 Å². The molecule has 1 aromatic carbocycles. The van der Waals surface area contributed by atoms with Crippen molar-refractivity contribution < 1.29 is 19.4 Å². The Morgan fingerprint density at radius 3 is 2.43 bits per heavy atom. The van der Waals surface area contributed by atoms with E-state index >= 15 is 0 Å². The average Bonchev–Trinajstić information content (AvgIpc) is 3.06. The van der Waals surface area contributed by atoms with Gasteiger partial charge in [-0.05, 0) is 30.5 Å². The van der Waals surface area contributed by atoms with Gasteiger partial charge in [-0.25, -0.2) is 0 Å². The van der Waals surface area contributed by atoms with Crippen LogP contribution in [0, 0.1) is 11.8 Å². The molecule has 0 aliphatic carbocycles. The van der Waals surface area contributed by atoms with Gasteiger partial charge in [0.2, 0.25) is 5.91 Å². The minimum Gasteiger partial charge on any atom is -0.481 e. The van der Waals surface area contributed by atoms with E-state index in [9.17, 15) is 14.7 Å². The molecule has 2 saturated heterocycles. The summed E-state index contributed by atoms with van der Waals surface area (Å²) in [6.45, 7) is 0.357. The summed E-state index contributed by atoms with van der Waals surface area (Å²) in [5, 5.41) is 12.7. The van der Waals surface area contributed by atoms with E-state index in [0.29, 0.717) is 11.6 Å². The molecule has 0 aromatic heterocycles. The van der Waals surface area contributed by atoms with Gasteiger partial charge in [0.1, 0.15) is 0 Å². The van der Waals surface area contributed by atoms with Crippen LogP contribution in [0.2, 0.25) is 5.02 Å². The molecule has 0 radical (unpaired) electrons. The number of aliphatic carboxylic acids is 1. The number of hydrogen-bond donors (Lipinski definition) is 2. The van der Waals surface area contributed by atoms with Gasteiger partial charge in [-0.2, -0.15) is 0 Å². The van der Waals surface area contributed by atoms with Crippen molar-refractivity contribution in [3.8, 4) is 0 Å². The third-order valence-electron chi connectivity index (χ3n) is 4.24. The molecule has 6 heteroatoms. The highest BCUT2D eigenvalue weighted by molar-refractivity contribution is 6.30. The second-order valence-corrected chi connectivity index (χ2v) is 5.96. The number of rotatable bonds is 4. The average molecular weight is 310 g/mol. The number of hydrogen-bond acceptors (Lipinski definition) is 3. The van der Waals surface area contributed by atoms with E-state index in [1.54, 1.807) is 12.1 Å². The van der Waals surface area contributed by atoms with Gasteiger partial charge < -0.3 is 15.2 Å². The van der Waals surface area contributed by atoms with Gasteiger partial charge >= 0.3 is 5.97 Å². The summed E-state index contributed by atoms with van der Waals surface area (Å²) in [7, 11) is 0. The van der Waals surface area contributed by atoms with Crippen LogP contribution in [0.5, 0.6) is 0 Å². The molecular formula is C15H16ClNO4. The molecule has 112 valence electrons. The van der Waals surface area contributed by atoms with Crippen LogP contribution in [0.15, 0.2) is 24.3 Å². The summed E-state index contributed by atoms with van der Waals surface area (Å²) in [6, 6.07) is 7.16. The molecule has 2 aliphatic rings. The van der Waals surface area contributed by atoms with E-state index in [1.807, 2.05) is 12.1 Å². The fourth-order valence-corrected chi connectivity index (χ4v) is 3.36. The molecule has 0 spiro atoms. The molecular weight excluding hydrogens is 294 g/mol. The van der Waals surface area contributed by atoms with E-state index in [4.69, 9.17) is 16.3 Å². The lowest BCUT2D eigenvalue weighted by atomic mass is 9.78. The first-order valence-electron chi connectivity index (χ1n) is 6.96. The van der Waals surface area contributed by atoms with Crippen LogP contribution in [0.3, 0.4) is 0 Å². The Labute approximate surface area is 127 Å². The monoisotopic (exact) mass is 309 g/mol. The maximum Gasteiger partial charge on any atom is 0.310 e. The summed E-state index contributed by atoms with van der Waals surface area (Å²) < 4.78 is 5.59. The number of ether oxygens (including phenoxy) is 1. The van der Waals surface area contributed by atoms with Gasteiger partial charge in [-0.1, -0.05) is 23.7 Å². The summed E-state index contributed by atoms with van der Waals surface area (Å²) >= 11 is 5.81. The van der Waals surface area contributed by atoms with Crippen molar-refractivity contribution in [2.24, 2.45) is 11.8 Å². The maximum absolute atomic E-state index is 12.3. The normalized spacial score (nSPS) is 30.3. The summed E-state index contributed by atoms with van der Waals surface area (Å²) in [4.78, 5) is 23.7. The second-order valence-electron chi connectivity index (χ2n) is 5.52. The number of carbonyl (C=O) groups excluding carboxylic acids is 1. The Balaban J connectivity index is 1.64. The summed E-state index contributed by atoms with van der Waals surface area (Å²) in [6.07, 6.45) is 0.899. The lowest BCUT2D eigenvalue weighted by Gasteiger charge is -2.23. The molecule has 4 atom stereocenters. The van der Waals surface area contributed by atoms with Gasteiger partial charge in [0.25, 0.3) is 0 Å². The molecule has 2 N–H and O–H groups in total. The third kappa shape index (κ3) is 2.76. The van der Waals surface area contributed by atoms with Crippen LogP contribution < -0.4 is 5.32 Å². The predicted molar refractivity (Wildman–Crippen MR) is 75.8 cm³/mol. The fraction of sp³-hybridized carbons (Fsp3) is 0.467. The number of carboxylic acids is 1. The molecule has 3 rings (SSSR count). The smallest absolute Gasteiger partial charge is 0.310 e. The lowest BCUT2D eigenvalue weighted by molar-refractivity contribution is -0.147. The van der Waals surface area contributed by atoms with Crippen molar-refractivity contribution in [2.45, 2.75) is 31.6 Å². The molecule has 5 nitrogen and oxygen atoms in total. The fourth-order valence-electron chi connectivity index (χ4n) is 3.23. The van der Waals surface area contributed by atoms with Gasteiger partial charge in [0, 0.05) is 11.6 Å². The molecule has 0 saturated carbocycles. The summed E-state index contributed by atoms with van der Waals surface area (Å²) in [5.41, 5.74) is 0.920. The molecule has 2 fully saturated rings. The van der Waals surface area contributed by atoms with Gasteiger partial charge in [0.05, 0.1) is 24.0 Å². The first-order valence-corrected chi connectivity index (χ1v) is 7.34. The quantitative estimate of drug-likeness (QED) is 0.890. The van der Waals surface area contributed by atoms with Gasteiger partial charge in [0.15, 0.2) is 0 Å². The molecule has 1 aromatic rings. The zero-order chi connectivity index (χ0) is 15.0. The number of benzene rings is 1. The van der Waals surface area contributed by atoms with Crippen LogP contribution >= 0.6 is 11.6 Å². The molecule has 2 heterocycles. The van der Waals surface area contributed by atoms with Crippen molar-refractivity contribution in [3.63, 3.8) is 0 Å². The maximum atomic E-state index is 12.3. The van der Waals surface area contributed by atoms with Gasteiger partial charge in [-0.15, -0.1) is 0 Å². The van der Waals surface area contributed by atoms with Crippen molar-refractivity contribution in [3.05, 3.63) is 34.9 Å². The van der Waals surface area contributed by atoms with Crippen LogP contribution in [0.4, 0.5) is 0 Å². The second kappa shape index (κ2) is 5.66. The number of carbonyl (C=O) groups is 2. The standard InChI is InChI=1S/C15H16ClNO4/c16-9-3-1-8(2-4-9)7-17-14(18)12-10-5-6-11(21-10)13(12)15(19)20/h1-4,10-13H,5-7H2,(H,17,18)(H,19,20)/t10-,11-,12?,13?/m1/s1. The lowest BCUT2D eigenvalue weighted by Crippen LogP contribution is -2.43. The SMILES string of the molecule is O=C(O)C1C(C(=O)NCc2ccc(Cl)cc2)[C@H]2CC[C@H]1O2.